The Morgan fingerprint density at radius 1 is 1.52 bits per heavy atom. The van der Waals surface area contributed by atoms with Gasteiger partial charge in [0.1, 0.15) is 5.82 Å². The molecule has 6 nitrogen and oxygen atoms in total. The van der Waals surface area contributed by atoms with E-state index < -0.39 is 0 Å². The number of aromatic nitrogens is 3. The molecule has 0 spiro atoms. The Balaban J connectivity index is 0.00000225. The number of aliphatic imine (C=N–C) groups is 1. The molecule has 25 heavy (non-hydrogen) atoms. The SMILES string of the molecule is CCc1nc2n(n1)CC(NC(=NC)NCC(C)c1ccsc1)CC2.I. The van der Waals surface area contributed by atoms with E-state index in [2.05, 4.69) is 56.4 Å². The van der Waals surface area contributed by atoms with Crippen LogP contribution in [0.1, 0.15) is 43.4 Å². The zero-order valence-corrected chi connectivity index (χ0v) is 18.2. The number of guanidine groups is 1. The van der Waals surface area contributed by atoms with Crippen LogP contribution < -0.4 is 10.6 Å². The second-order valence-corrected chi connectivity index (χ2v) is 7.05. The zero-order chi connectivity index (χ0) is 16.9. The van der Waals surface area contributed by atoms with E-state index in [4.69, 9.17) is 0 Å². The normalized spacial score (nSPS) is 18.2. The van der Waals surface area contributed by atoms with Gasteiger partial charge in [-0.3, -0.25) is 4.99 Å². The van der Waals surface area contributed by atoms with Gasteiger partial charge in [-0.05, 0) is 34.7 Å². The lowest BCUT2D eigenvalue weighted by atomic mass is 10.1. The first-order chi connectivity index (χ1) is 11.7. The van der Waals surface area contributed by atoms with Crippen molar-refractivity contribution >= 4 is 41.3 Å². The Hall–Kier alpha value is -1.16. The summed E-state index contributed by atoms with van der Waals surface area (Å²) >= 11 is 1.74. The predicted octanol–water partition coefficient (Wildman–Crippen LogP) is 2.80. The van der Waals surface area contributed by atoms with E-state index in [-0.39, 0.29) is 24.0 Å². The number of thiophene rings is 1. The summed E-state index contributed by atoms with van der Waals surface area (Å²) in [5.74, 6) is 3.38. The molecule has 0 bridgehead atoms. The van der Waals surface area contributed by atoms with E-state index in [1.807, 2.05) is 11.7 Å². The lowest BCUT2D eigenvalue weighted by Crippen LogP contribution is -2.47. The van der Waals surface area contributed by atoms with Crippen molar-refractivity contribution in [3.63, 3.8) is 0 Å². The summed E-state index contributed by atoms with van der Waals surface area (Å²) in [5, 5.41) is 15.9. The maximum absolute atomic E-state index is 4.57. The van der Waals surface area contributed by atoms with Gasteiger partial charge >= 0.3 is 0 Å². The highest BCUT2D eigenvalue weighted by Gasteiger charge is 2.22. The minimum Gasteiger partial charge on any atom is -0.356 e. The van der Waals surface area contributed by atoms with Crippen LogP contribution in [0.15, 0.2) is 21.8 Å². The van der Waals surface area contributed by atoms with Gasteiger partial charge in [0.05, 0.1) is 6.54 Å². The highest BCUT2D eigenvalue weighted by Crippen LogP contribution is 2.17. The Morgan fingerprint density at radius 3 is 3.04 bits per heavy atom. The van der Waals surface area contributed by atoms with E-state index in [0.717, 1.165) is 50.0 Å². The number of nitrogens with zero attached hydrogens (tertiary/aromatic N) is 4. The number of rotatable bonds is 5. The largest absolute Gasteiger partial charge is 0.356 e. The van der Waals surface area contributed by atoms with Crippen molar-refractivity contribution in [2.75, 3.05) is 13.6 Å². The van der Waals surface area contributed by atoms with Crippen LogP contribution in [0.2, 0.25) is 0 Å². The summed E-state index contributed by atoms with van der Waals surface area (Å²) in [4.78, 5) is 8.93. The Morgan fingerprint density at radius 2 is 2.36 bits per heavy atom. The van der Waals surface area contributed by atoms with Gasteiger partial charge in [-0.2, -0.15) is 16.4 Å². The van der Waals surface area contributed by atoms with Gasteiger partial charge in [0.15, 0.2) is 11.8 Å². The van der Waals surface area contributed by atoms with Crippen molar-refractivity contribution in [3.05, 3.63) is 34.0 Å². The number of halogens is 1. The predicted molar refractivity (Wildman–Crippen MR) is 114 cm³/mol. The molecule has 0 aliphatic carbocycles. The third-order valence-electron chi connectivity index (χ3n) is 4.47. The highest BCUT2D eigenvalue weighted by atomic mass is 127. The second kappa shape index (κ2) is 9.51. The number of hydrogen-bond donors (Lipinski definition) is 2. The molecule has 2 unspecified atom stereocenters. The van der Waals surface area contributed by atoms with Crippen LogP contribution in [-0.2, 0) is 19.4 Å². The van der Waals surface area contributed by atoms with Gasteiger partial charge in [0.2, 0.25) is 0 Å². The minimum absolute atomic E-state index is 0. The van der Waals surface area contributed by atoms with Crippen LogP contribution in [0, 0.1) is 0 Å². The molecule has 0 amide bonds. The molecule has 1 aliphatic heterocycles. The number of aryl methyl sites for hydroxylation is 2. The monoisotopic (exact) mass is 474 g/mol. The van der Waals surface area contributed by atoms with Crippen LogP contribution in [0.25, 0.3) is 0 Å². The van der Waals surface area contributed by atoms with E-state index in [0.29, 0.717) is 12.0 Å². The highest BCUT2D eigenvalue weighted by molar-refractivity contribution is 14.0. The van der Waals surface area contributed by atoms with Crippen molar-refractivity contribution < 1.29 is 0 Å². The number of fused-ring (bicyclic) bond motifs is 1. The van der Waals surface area contributed by atoms with Gasteiger partial charge in [-0.25, -0.2) is 9.67 Å². The molecule has 8 heteroatoms. The van der Waals surface area contributed by atoms with Gasteiger partial charge in [0.25, 0.3) is 0 Å². The molecular formula is C17H27IN6S. The fourth-order valence-electron chi connectivity index (χ4n) is 2.94. The fraction of sp³-hybridized carbons (Fsp3) is 0.588. The molecule has 0 radical (unpaired) electrons. The molecule has 2 aromatic heterocycles. The van der Waals surface area contributed by atoms with Gasteiger partial charge in [0, 0.05) is 32.5 Å². The van der Waals surface area contributed by atoms with E-state index in [1.165, 1.54) is 5.56 Å². The average Bonchev–Trinajstić information content (AvgIpc) is 3.26. The summed E-state index contributed by atoms with van der Waals surface area (Å²) in [5.41, 5.74) is 1.37. The van der Waals surface area contributed by atoms with Gasteiger partial charge in [-0.1, -0.05) is 13.8 Å². The molecule has 2 aromatic rings. The third-order valence-corrected chi connectivity index (χ3v) is 5.17. The topological polar surface area (TPSA) is 67.1 Å². The van der Waals surface area contributed by atoms with Gasteiger partial charge in [-0.15, -0.1) is 24.0 Å². The zero-order valence-electron chi connectivity index (χ0n) is 15.0. The molecular weight excluding hydrogens is 447 g/mol. The maximum atomic E-state index is 4.57. The van der Waals surface area contributed by atoms with Crippen molar-refractivity contribution in [1.29, 1.82) is 0 Å². The summed E-state index contributed by atoms with van der Waals surface area (Å²) in [6.07, 6.45) is 2.91. The minimum atomic E-state index is 0. The fourth-order valence-corrected chi connectivity index (χ4v) is 3.72. The molecule has 2 atom stereocenters. The van der Waals surface area contributed by atoms with Crippen molar-refractivity contribution in [1.82, 2.24) is 25.4 Å². The first kappa shape index (κ1) is 20.2. The summed E-state index contributed by atoms with van der Waals surface area (Å²) < 4.78 is 2.04. The van der Waals surface area contributed by atoms with E-state index in [1.54, 1.807) is 11.3 Å². The van der Waals surface area contributed by atoms with Gasteiger partial charge < -0.3 is 10.6 Å². The first-order valence-corrected chi connectivity index (χ1v) is 9.55. The molecule has 138 valence electrons. The average molecular weight is 474 g/mol. The molecule has 0 saturated carbocycles. The molecule has 0 saturated heterocycles. The smallest absolute Gasteiger partial charge is 0.191 e. The standard InChI is InChI=1S/C17H26N6S.HI/c1-4-15-21-16-6-5-14(10-23(16)22-15)20-17(18-3)19-9-12(2)13-7-8-24-11-13;/h7-8,11-12,14H,4-6,9-10H2,1-3H3,(H2,18,19,20);1H. The van der Waals surface area contributed by atoms with E-state index in [9.17, 15) is 0 Å². The molecule has 2 N–H and O–H groups in total. The van der Waals surface area contributed by atoms with Crippen molar-refractivity contribution in [2.45, 2.75) is 51.6 Å². The quantitative estimate of drug-likeness (QED) is 0.398. The van der Waals surface area contributed by atoms with Crippen LogP contribution >= 0.6 is 35.3 Å². The molecule has 0 aromatic carbocycles. The van der Waals surface area contributed by atoms with Crippen LogP contribution in [-0.4, -0.2) is 40.4 Å². The number of hydrogen-bond acceptors (Lipinski definition) is 4. The lowest BCUT2D eigenvalue weighted by Gasteiger charge is -2.26. The van der Waals surface area contributed by atoms with Crippen molar-refractivity contribution in [2.24, 2.45) is 4.99 Å². The summed E-state index contributed by atoms with van der Waals surface area (Å²) in [7, 11) is 1.82. The molecule has 3 rings (SSSR count). The Labute approximate surface area is 170 Å². The third kappa shape index (κ3) is 5.16. The maximum Gasteiger partial charge on any atom is 0.191 e. The molecule has 3 heterocycles. The molecule has 0 fully saturated rings. The summed E-state index contributed by atoms with van der Waals surface area (Å²) in [6, 6.07) is 2.53. The second-order valence-electron chi connectivity index (χ2n) is 6.27. The molecule has 1 aliphatic rings. The Kier molecular flexibility index (Phi) is 7.67. The summed E-state index contributed by atoms with van der Waals surface area (Å²) in [6.45, 7) is 6.05. The first-order valence-electron chi connectivity index (χ1n) is 8.61. The van der Waals surface area contributed by atoms with Crippen LogP contribution in [0.5, 0.6) is 0 Å². The van der Waals surface area contributed by atoms with Crippen LogP contribution in [0.4, 0.5) is 0 Å². The lowest BCUT2D eigenvalue weighted by molar-refractivity contribution is 0.392. The number of nitrogens with one attached hydrogen (secondary N) is 2. The van der Waals surface area contributed by atoms with Crippen LogP contribution in [0.3, 0.4) is 0 Å². The Bertz CT molecular complexity index is 681. The van der Waals surface area contributed by atoms with E-state index >= 15 is 0 Å². The van der Waals surface area contributed by atoms with Crippen molar-refractivity contribution in [3.8, 4) is 0 Å².